The van der Waals surface area contributed by atoms with Gasteiger partial charge in [-0.05, 0) is 35.4 Å². The summed E-state index contributed by atoms with van der Waals surface area (Å²) in [4.78, 5) is 4.52. The van der Waals surface area contributed by atoms with E-state index in [1.54, 1.807) is 0 Å². The van der Waals surface area contributed by atoms with Gasteiger partial charge in [-0.15, -0.1) is 20.9 Å². The smallest absolute Gasteiger partial charge is 0.197 e. The number of hydrogen-bond donors (Lipinski definition) is 0. The van der Waals surface area contributed by atoms with Gasteiger partial charge in [0.2, 0.25) is 0 Å². The van der Waals surface area contributed by atoms with Crippen molar-refractivity contribution in [1.29, 1.82) is 0 Å². The molecule has 2 heterocycles. The molecule has 0 aliphatic heterocycles. The fourth-order valence-corrected chi connectivity index (χ4v) is 3.74. The zero-order chi connectivity index (χ0) is 33.1. The molecule has 5 rings (SSSR count). The molecule has 0 spiro atoms. The van der Waals surface area contributed by atoms with Crippen LogP contribution in [0, 0.1) is 12.3 Å². The number of nitrogens with zero attached hydrogens (tertiary/aromatic N) is 9. The second kappa shape index (κ2) is 27.6. The van der Waals surface area contributed by atoms with Crippen LogP contribution in [0.3, 0.4) is 0 Å². The van der Waals surface area contributed by atoms with Crippen molar-refractivity contribution < 1.29 is 28.7 Å². The molecule has 0 atom stereocenters. The van der Waals surface area contributed by atoms with Crippen molar-refractivity contribution in [3.8, 4) is 34.9 Å². The summed E-state index contributed by atoms with van der Waals surface area (Å²) in [6.45, 7) is 8.78. The number of hydrogen-bond acceptors (Lipinski definition) is 4. The molecule has 9 nitrogen and oxygen atoms in total. The third-order valence-electron chi connectivity index (χ3n) is 5.78. The van der Waals surface area contributed by atoms with Gasteiger partial charge in [0.25, 0.3) is 0 Å². The fourth-order valence-electron chi connectivity index (χ4n) is 3.74. The summed E-state index contributed by atoms with van der Waals surface area (Å²) in [5, 5.41) is 15.8. The second-order valence-electron chi connectivity index (χ2n) is 9.35. The first kappa shape index (κ1) is 42.3. The second-order valence-corrected chi connectivity index (χ2v) is 9.35. The van der Waals surface area contributed by atoms with Gasteiger partial charge in [0.05, 0.1) is 11.4 Å². The fraction of sp³-hybridized carbons (Fsp3) is 0.314. The Morgan fingerprint density at radius 2 is 1.43 bits per heavy atom. The lowest BCUT2D eigenvalue weighted by atomic mass is 10.2. The highest BCUT2D eigenvalue weighted by molar-refractivity contribution is 14.1. The number of alkyl halides is 1. The maximum absolute atomic E-state index is 7.66. The van der Waals surface area contributed by atoms with Crippen LogP contribution >= 0.6 is 22.6 Å². The van der Waals surface area contributed by atoms with E-state index in [2.05, 4.69) is 86.2 Å². The summed E-state index contributed by atoms with van der Waals surface area (Å²) in [6, 6.07) is 30.0. The highest BCUT2D eigenvalue weighted by Crippen LogP contribution is 2.15. The molecule has 5 aromatic rings. The number of rotatable bonds is 8. The van der Waals surface area contributed by atoms with Crippen molar-refractivity contribution in [3.63, 3.8) is 0 Å². The zero-order valence-electron chi connectivity index (χ0n) is 27.4. The van der Waals surface area contributed by atoms with Gasteiger partial charge < -0.3 is 24.0 Å². The zero-order valence-corrected chi connectivity index (χ0v) is 31.7. The Labute approximate surface area is 305 Å². The van der Waals surface area contributed by atoms with Crippen LogP contribution in [0.5, 0.6) is 0 Å². The van der Waals surface area contributed by atoms with Gasteiger partial charge in [0.1, 0.15) is 19.3 Å². The third kappa shape index (κ3) is 17.1. The lowest BCUT2D eigenvalue weighted by Crippen LogP contribution is -3.00. The predicted molar refractivity (Wildman–Crippen MR) is 194 cm³/mol. The lowest BCUT2D eigenvalue weighted by Gasteiger charge is -1.94. The minimum Gasteiger partial charge on any atom is -1.00 e. The number of azide groups is 1. The van der Waals surface area contributed by atoms with Crippen molar-refractivity contribution in [3.05, 3.63) is 119 Å². The molecule has 0 fully saturated rings. The minimum atomic E-state index is 0. The van der Waals surface area contributed by atoms with E-state index in [4.69, 9.17) is 12.0 Å². The molecule has 0 N–H and O–H groups in total. The van der Waals surface area contributed by atoms with Crippen LogP contribution in [0.2, 0.25) is 0 Å². The van der Waals surface area contributed by atoms with Crippen molar-refractivity contribution >= 4 is 22.6 Å². The Kier molecular flexibility index (Phi) is 25.3. The molecule has 0 bridgehead atoms. The van der Waals surface area contributed by atoms with E-state index in [1.807, 2.05) is 118 Å². The van der Waals surface area contributed by atoms with Crippen molar-refractivity contribution in [1.82, 2.24) is 24.9 Å². The molecule has 0 saturated carbocycles. The molecule has 0 radical (unpaired) electrons. The van der Waals surface area contributed by atoms with E-state index in [0.717, 1.165) is 54.9 Å². The summed E-state index contributed by atoms with van der Waals surface area (Å²) in [6.07, 6.45) is 12.3. The van der Waals surface area contributed by atoms with Crippen LogP contribution in [-0.2, 0) is 20.1 Å². The van der Waals surface area contributed by atoms with Crippen molar-refractivity contribution in [2.75, 3.05) is 11.5 Å². The third-order valence-corrected chi connectivity index (χ3v) is 5.78. The number of terminal acetylenes is 1. The van der Waals surface area contributed by atoms with Gasteiger partial charge in [-0.2, -0.15) is 0 Å². The van der Waals surface area contributed by atoms with Gasteiger partial charge in [-0.25, -0.2) is 0 Å². The molecule has 3 aromatic carbocycles. The Bertz CT molecular complexity index is 1520. The molecule has 0 amide bonds. The molecule has 0 saturated heterocycles. The maximum Gasteiger partial charge on any atom is 0.197 e. The molecule has 0 aliphatic carbocycles. The average molecular weight is 846 g/mol. The Balaban J connectivity index is 0.000000604. The van der Waals surface area contributed by atoms with Crippen LogP contribution < -0.4 is 28.7 Å². The summed E-state index contributed by atoms with van der Waals surface area (Å²) < 4.78 is 5.79. The van der Waals surface area contributed by atoms with E-state index in [9.17, 15) is 0 Å². The van der Waals surface area contributed by atoms with E-state index in [1.165, 1.54) is 5.56 Å². The van der Waals surface area contributed by atoms with Crippen molar-refractivity contribution in [2.24, 2.45) is 12.2 Å². The first-order valence-electron chi connectivity index (χ1n) is 14.9. The summed E-state index contributed by atoms with van der Waals surface area (Å²) in [7, 11) is 1.98. The first-order valence-corrected chi connectivity index (χ1v) is 17.1. The highest BCUT2D eigenvalue weighted by Gasteiger charge is 2.13. The van der Waals surface area contributed by atoms with E-state index in [-0.39, 0.29) is 24.0 Å². The molecule has 244 valence electrons. The standard InChI is InChI=1S/C12H16N3.C11H13N3.C8H6.C3H7N3.CH3I.HI/c1-3-9-15-10-12(14(2)13-15)11-7-5-4-6-8-11;1-2-8-14-9-11(12-13-14)10-6-4-3-5-7-10;1-2-8-6-4-3-5-7-8;1-2-3-5-6-4;1-2;/h4-8,10H,3,9H2,1-2H3;3-7,9H,2,8H2,1H3;1,3-7H;2-3H2,1H3;1H3;1H/q+1;;;;;/p-1. The number of halogens is 2. The molecule has 46 heavy (non-hydrogen) atoms. The summed E-state index contributed by atoms with van der Waals surface area (Å²) in [5.41, 5.74) is 13.0. The van der Waals surface area contributed by atoms with Crippen LogP contribution in [0.4, 0.5) is 0 Å². The van der Waals surface area contributed by atoms with Gasteiger partial charge in [-0.1, -0.05) is 145 Å². The molecular formula is C35H45I2N9. The number of benzene rings is 3. The Morgan fingerprint density at radius 3 is 1.89 bits per heavy atom. The SMILES string of the molecule is C#Cc1ccccc1.CCCN=[N+]=[N-].CCC[n+]1cc(-c2ccccc2)n(C)n1.CCCn1cc(-c2ccccc2)nn1.CI.[I-]. The quantitative estimate of drug-likeness (QED) is 0.0389. The first-order chi connectivity index (χ1) is 22.1. The topological polar surface area (TPSA) is 101 Å². The molecule has 0 unspecified atom stereocenters. The average Bonchev–Trinajstić information content (AvgIpc) is 3.73. The normalized spacial score (nSPS) is 8.98. The molecule has 0 aliphatic rings. The predicted octanol–water partition coefficient (Wildman–Crippen LogP) is 5.57. The van der Waals surface area contributed by atoms with Crippen LogP contribution in [0.1, 0.15) is 45.6 Å². The number of aryl methyl sites for hydroxylation is 3. The Hall–Kier alpha value is -3.73. The van der Waals surface area contributed by atoms with Gasteiger partial charge in [-0.3, -0.25) is 4.68 Å². The van der Waals surface area contributed by atoms with Crippen molar-refractivity contribution in [2.45, 2.75) is 53.1 Å². The Morgan fingerprint density at radius 1 is 0.870 bits per heavy atom. The van der Waals surface area contributed by atoms with E-state index < -0.39 is 0 Å². The molecule has 11 heteroatoms. The maximum atomic E-state index is 7.66. The van der Waals surface area contributed by atoms with Crippen LogP contribution in [0.25, 0.3) is 33.0 Å². The summed E-state index contributed by atoms with van der Waals surface area (Å²) in [5.74, 6) is 2.53. The largest absolute Gasteiger partial charge is 1.00 e. The van der Waals surface area contributed by atoms with Crippen LogP contribution in [0.15, 0.2) is 109 Å². The molecule has 2 aromatic heterocycles. The van der Waals surface area contributed by atoms with Gasteiger partial charge >= 0.3 is 0 Å². The van der Waals surface area contributed by atoms with E-state index in [0.29, 0.717) is 6.54 Å². The summed E-state index contributed by atoms with van der Waals surface area (Å²) >= 11 is 2.15. The van der Waals surface area contributed by atoms with Crippen LogP contribution in [-0.4, -0.2) is 36.4 Å². The minimum absolute atomic E-state index is 0. The van der Waals surface area contributed by atoms with Gasteiger partial charge in [0.15, 0.2) is 11.9 Å². The van der Waals surface area contributed by atoms with E-state index >= 15 is 0 Å². The lowest BCUT2D eigenvalue weighted by molar-refractivity contribution is -0.755. The highest BCUT2D eigenvalue weighted by atomic mass is 127. The monoisotopic (exact) mass is 845 g/mol. The van der Waals surface area contributed by atoms with Gasteiger partial charge in [0, 0.05) is 34.7 Å². The molecular weight excluding hydrogens is 800 g/mol. The number of aromatic nitrogens is 6.